The van der Waals surface area contributed by atoms with Crippen molar-refractivity contribution in [2.45, 2.75) is 12.8 Å². The predicted octanol–water partition coefficient (Wildman–Crippen LogP) is 4.81. The lowest BCUT2D eigenvalue weighted by Gasteiger charge is -2.09. The molecule has 1 aromatic heterocycles. The van der Waals surface area contributed by atoms with Crippen molar-refractivity contribution in [2.75, 3.05) is 13.7 Å². The van der Waals surface area contributed by atoms with Crippen molar-refractivity contribution < 1.29 is 14.5 Å². The zero-order chi connectivity index (χ0) is 25.5. The largest absolute Gasteiger partial charge is 0.481 e. The second-order valence-electron chi connectivity index (χ2n) is 7.97. The molecule has 36 heavy (non-hydrogen) atoms. The fourth-order valence-electron chi connectivity index (χ4n) is 3.74. The molecule has 0 unspecified atom stereocenters. The highest BCUT2D eigenvalue weighted by atomic mass is 16.6. The lowest BCUT2D eigenvalue weighted by molar-refractivity contribution is -0.384. The second kappa shape index (κ2) is 11.0. The van der Waals surface area contributed by atoms with Crippen molar-refractivity contribution in [3.8, 4) is 46.2 Å². The molecule has 3 aromatic carbocycles. The molecule has 4 rings (SSSR count). The third kappa shape index (κ3) is 5.59. The van der Waals surface area contributed by atoms with Crippen LogP contribution >= 0.6 is 0 Å². The van der Waals surface area contributed by atoms with Gasteiger partial charge in [0.1, 0.15) is 12.4 Å². The maximum Gasteiger partial charge on any atom is 0.269 e. The van der Waals surface area contributed by atoms with Gasteiger partial charge in [0.25, 0.3) is 5.69 Å². The van der Waals surface area contributed by atoms with E-state index in [-0.39, 0.29) is 18.2 Å². The Morgan fingerprint density at radius 1 is 1.03 bits per heavy atom. The Balaban J connectivity index is 1.64. The number of ether oxygens (including phenoxy) is 1. The average Bonchev–Trinajstić information content (AvgIpc) is 3.35. The predicted molar refractivity (Wildman–Crippen MR) is 138 cm³/mol. The number of rotatable bonds is 9. The van der Waals surface area contributed by atoms with Gasteiger partial charge in [0.05, 0.1) is 22.0 Å². The van der Waals surface area contributed by atoms with Crippen molar-refractivity contribution in [3.05, 3.63) is 94.7 Å². The first kappa shape index (κ1) is 24.2. The minimum absolute atomic E-state index is 0.00681. The molecule has 8 heteroatoms. The van der Waals surface area contributed by atoms with Crippen LogP contribution in [0.1, 0.15) is 12.1 Å². The Kier molecular flexibility index (Phi) is 7.42. The topological polar surface area (TPSA) is 99.3 Å². The van der Waals surface area contributed by atoms with E-state index >= 15 is 0 Å². The number of benzene rings is 3. The number of amides is 1. The summed E-state index contributed by atoms with van der Waals surface area (Å²) in [5.41, 5.74) is 5.25. The highest BCUT2D eigenvalue weighted by Gasteiger charge is 2.14. The van der Waals surface area contributed by atoms with Gasteiger partial charge in [0.15, 0.2) is 0 Å². The molecule has 0 atom stereocenters. The van der Waals surface area contributed by atoms with Crippen molar-refractivity contribution >= 4 is 11.6 Å². The van der Waals surface area contributed by atoms with Gasteiger partial charge < -0.3 is 10.1 Å². The van der Waals surface area contributed by atoms with Gasteiger partial charge in [-0.1, -0.05) is 42.3 Å². The first-order chi connectivity index (χ1) is 17.5. The van der Waals surface area contributed by atoms with Crippen LogP contribution in [0.25, 0.3) is 28.1 Å². The quantitative estimate of drug-likeness (QED) is 0.211. The van der Waals surface area contributed by atoms with E-state index in [9.17, 15) is 14.9 Å². The first-order valence-corrected chi connectivity index (χ1v) is 11.3. The number of nitro benzene ring substituents is 1. The number of nitro groups is 1. The number of terminal acetylenes is 1. The highest BCUT2D eigenvalue weighted by Crippen LogP contribution is 2.29. The van der Waals surface area contributed by atoms with Gasteiger partial charge in [-0.3, -0.25) is 14.9 Å². The summed E-state index contributed by atoms with van der Waals surface area (Å²) in [6, 6.07) is 23.9. The number of nitrogens with zero attached hydrogens (tertiary/aromatic N) is 3. The molecule has 0 fully saturated rings. The van der Waals surface area contributed by atoms with Crippen LogP contribution in [-0.2, 0) is 11.2 Å². The van der Waals surface area contributed by atoms with Crippen LogP contribution in [0.15, 0.2) is 78.9 Å². The summed E-state index contributed by atoms with van der Waals surface area (Å²) >= 11 is 0. The average molecular weight is 481 g/mol. The normalized spacial score (nSPS) is 10.4. The Bertz CT molecular complexity index is 1400. The molecule has 0 saturated carbocycles. The molecule has 8 nitrogen and oxygen atoms in total. The zero-order valence-electron chi connectivity index (χ0n) is 19.7. The molecule has 0 radical (unpaired) electrons. The van der Waals surface area contributed by atoms with E-state index in [0.717, 1.165) is 28.1 Å². The lowest BCUT2D eigenvalue weighted by atomic mass is 10.0. The summed E-state index contributed by atoms with van der Waals surface area (Å²) in [5, 5.41) is 18.4. The minimum atomic E-state index is -0.435. The van der Waals surface area contributed by atoms with Gasteiger partial charge in [-0.2, -0.15) is 5.10 Å². The molecular weight excluding hydrogens is 456 g/mol. The molecule has 180 valence electrons. The minimum Gasteiger partial charge on any atom is -0.481 e. The van der Waals surface area contributed by atoms with Gasteiger partial charge in [-0.25, -0.2) is 4.68 Å². The third-order valence-corrected chi connectivity index (χ3v) is 5.64. The number of hydrogen-bond acceptors (Lipinski definition) is 5. The van der Waals surface area contributed by atoms with E-state index in [4.69, 9.17) is 16.3 Å². The molecule has 4 aromatic rings. The van der Waals surface area contributed by atoms with Gasteiger partial charge in [0.2, 0.25) is 5.91 Å². The van der Waals surface area contributed by atoms with Crippen LogP contribution in [0.3, 0.4) is 0 Å². The molecule has 0 aliphatic carbocycles. The Labute approximate surface area is 208 Å². The van der Waals surface area contributed by atoms with Crippen molar-refractivity contribution in [1.82, 2.24) is 15.1 Å². The van der Waals surface area contributed by atoms with Gasteiger partial charge in [-0.15, -0.1) is 6.42 Å². The number of hydrogen-bond donors (Lipinski definition) is 1. The summed E-state index contributed by atoms with van der Waals surface area (Å²) in [5.74, 6) is 3.09. The van der Waals surface area contributed by atoms with Crippen LogP contribution in [-0.4, -0.2) is 34.3 Å². The van der Waals surface area contributed by atoms with Crippen LogP contribution in [0.5, 0.6) is 5.75 Å². The summed E-state index contributed by atoms with van der Waals surface area (Å²) in [7, 11) is 1.60. The number of carbonyl (C=O) groups is 1. The molecule has 0 aliphatic heterocycles. The third-order valence-electron chi connectivity index (χ3n) is 5.64. The first-order valence-electron chi connectivity index (χ1n) is 11.3. The number of carbonyl (C=O) groups excluding carboxylic acids is 1. The number of non-ortho nitro benzene ring substituents is 1. The summed E-state index contributed by atoms with van der Waals surface area (Å²) in [6.07, 6.45) is 6.02. The number of nitrogens with one attached hydrogen (secondary N) is 1. The zero-order valence-corrected chi connectivity index (χ0v) is 19.7. The van der Waals surface area contributed by atoms with Crippen LogP contribution in [0, 0.1) is 22.5 Å². The van der Waals surface area contributed by atoms with Crippen LogP contribution in [0.4, 0.5) is 5.69 Å². The van der Waals surface area contributed by atoms with Crippen molar-refractivity contribution in [3.63, 3.8) is 0 Å². The second-order valence-corrected chi connectivity index (χ2v) is 7.97. The monoisotopic (exact) mass is 480 g/mol. The SMILES string of the molecule is C#CCOc1ccc(-c2ccc(-c3cc(CCC(=O)NC)nn3-c3ccc([N+](=O)[O-])cc3)cc2)cc1. The Hall–Kier alpha value is -4.90. The molecule has 1 heterocycles. The fourth-order valence-corrected chi connectivity index (χ4v) is 3.74. The van der Waals surface area contributed by atoms with Gasteiger partial charge >= 0.3 is 0 Å². The molecule has 0 saturated heterocycles. The Morgan fingerprint density at radius 3 is 2.22 bits per heavy atom. The highest BCUT2D eigenvalue weighted by molar-refractivity contribution is 5.76. The number of aryl methyl sites for hydroxylation is 1. The molecule has 0 aliphatic rings. The molecule has 1 amide bonds. The van der Waals surface area contributed by atoms with E-state index in [1.54, 1.807) is 23.9 Å². The van der Waals surface area contributed by atoms with E-state index in [1.165, 1.54) is 12.1 Å². The van der Waals surface area contributed by atoms with Gasteiger partial charge in [-0.05, 0) is 41.5 Å². The van der Waals surface area contributed by atoms with E-state index in [1.807, 2.05) is 54.6 Å². The Morgan fingerprint density at radius 2 is 1.64 bits per heavy atom. The summed E-state index contributed by atoms with van der Waals surface area (Å²) < 4.78 is 7.18. The summed E-state index contributed by atoms with van der Waals surface area (Å²) in [4.78, 5) is 22.4. The van der Waals surface area contributed by atoms with Crippen molar-refractivity contribution in [2.24, 2.45) is 0 Å². The maximum atomic E-state index is 11.7. The van der Waals surface area contributed by atoms with Gasteiger partial charge in [0, 0.05) is 37.6 Å². The lowest BCUT2D eigenvalue weighted by Crippen LogP contribution is -2.18. The standard InChI is InChI=1S/C28H24N4O4/c1-3-18-36-26-15-8-21(9-16-26)20-4-6-22(7-5-20)27-19-23(10-17-28(33)29-2)30-31(27)24-11-13-25(14-12-24)32(34)35/h1,4-9,11-16,19H,10,17-18H2,2H3,(H,29,33). The van der Waals surface area contributed by atoms with Crippen LogP contribution < -0.4 is 10.1 Å². The van der Waals surface area contributed by atoms with E-state index in [2.05, 4.69) is 11.2 Å². The molecule has 1 N–H and O–H groups in total. The van der Waals surface area contributed by atoms with Crippen molar-refractivity contribution in [1.29, 1.82) is 0 Å². The smallest absolute Gasteiger partial charge is 0.269 e. The molecule has 0 bridgehead atoms. The molecular formula is C28H24N4O4. The fraction of sp³-hybridized carbons (Fsp3) is 0.143. The number of aromatic nitrogens is 2. The molecule has 0 spiro atoms. The van der Waals surface area contributed by atoms with E-state index < -0.39 is 4.92 Å². The summed E-state index contributed by atoms with van der Waals surface area (Å²) in [6.45, 7) is 0.224. The maximum absolute atomic E-state index is 11.7. The van der Waals surface area contributed by atoms with Crippen LogP contribution in [0.2, 0.25) is 0 Å². The van der Waals surface area contributed by atoms with E-state index in [0.29, 0.717) is 24.3 Å².